The zero-order valence-corrected chi connectivity index (χ0v) is 14.8. The van der Waals surface area contributed by atoms with Gasteiger partial charge in [0.15, 0.2) is 5.82 Å². The van der Waals surface area contributed by atoms with Gasteiger partial charge in [0.25, 0.3) is 0 Å². The van der Waals surface area contributed by atoms with Gasteiger partial charge in [0.05, 0.1) is 7.11 Å². The predicted molar refractivity (Wildman–Crippen MR) is 99.1 cm³/mol. The lowest BCUT2D eigenvalue weighted by atomic mass is 10.1. The smallest absolute Gasteiger partial charge is 0.164 e. The third kappa shape index (κ3) is 3.28. The lowest BCUT2D eigenvalue weighted by molar-refractivity contribution is 0.267. The number of phenols is 1. The fraction of sp³-hybridized carbons (Fsp3) is 0.300. The number of aromatic nitrogens is 3. The van der Waals surface area contributed by atoms with Crippen LogP contribution in [0.15, 0.2) is 48.5 Å². The molecule has 1 N–H and O–H groups in total. The van der Waals surface area contributed by atoms with Crippen LogP contribution in [-0.4, -0.2) is 45.0 Å². The summed E-state index contributed by atoms with van der Waals surface area (Å²) < 4.78 is 7.48. The van der Waals surface area contributed by atoms with Crippen LogP contribution in [-0.2, 0) is 19.5 Å². The van der Waals surface area contributed by atoms with E-state index in [0.717, 1.165) is 54.6 Å². The Kier molecular flexibility index (Phi) is 4.58. The molecular formula is C20H22N4O2. The highest BCUT2D eigenvalue weighted by atomic mass is 16.5. The molecule has 3 aromatic rings. The number of aromatic hydroxyl groups is 1. The summed E-state index contributed by atoms with van der Waals surface area (Å²) in [6, 6.07) is 15.5. The van der Waals surface area contributed by atoms with Crippen LogP contribution in [0.5, 0.6) is 11.5 Å². The van der Waals surface area contributed by atoms with E-state index in [-0.39, 0.29) is 0 Å². The minimum absolute atomic E-state index is 0.305. The highest BCUT2D eigenvalue weighted by Crippen LogP contribution is 2.25. The van der Waals surface area contributed by atoms with Crippen LogP contribution in [0.3, 0.4) is 0 Å². The number of hydrogen-bond acceptors (Lipinski definition) is 5. The SMILES string of the molecule is COc1ccc(O)c(CN2CCc3nnc(-c4ccccc4)n3CC2)c1. The molecule has 6 heteroatoms. The average molecular weight is 350 g/mol. The molecule has 0 aliphatic carbocycles. The number of methoxy groups -OCH3 is 1. The molecule has 0 bridgehead atoms. The molecule has 2 heterocycles. The first-order valence-electron chi connectivity index (χ1n) is 8.80. The summed E-state index contributed by atoms with van der Waals surface area (Å²) in [5.41, 5.74) is 1.97. The summed E-state index contributed by atoms with van der Waals surface area (Å²) >= 11 is 0. The van der Waals surface area contributed by atoms with Gasteiger partial charge in [-0.2, -0.15) is 0 Å². The Morgan fingerprint density at radius 3 is 2.69 bits per heavy atom. The van der Waals surface area contributed by atoms with Gasteiger partial charge in [-0.1, -0.05) is 30.3 Å². The number of benzene rings is 2. The molecule has 4 rings (SSSR count). The average Bonchev–Trinajstić information content (AvgIpc) is 2.99. The van der Waals surface area contributed by atoms with Crippen molar-refractivity contribution >= 4 is 0 Å². The molecule has 0 spiro atoms. The third-order valence-electron chi connectivity index (χ3n) is 4.83. The molecule has 26 heavy (non-hydrogen) atoms. The van der Waals surface area contributed by atoms with Crippen molar-refractivity contribution in [3.63, 3.8) is 0 Å². The van der Waals surface area contributed by atoms with E-state index in [1.54, 1.807) is 19.2 Å². The van der Waals surface area contributed by atoms with E-state index in [1.165, 1.54) is 0 Å². The van der Waals surface area contributed by atoms with Crippen molar-refractivity contribution in [3.8, 4) is 22.9 Å². The Balaban J connectivity index is 1.52. The first kappa shape index (κ1) is 16.6. The zero-order chi connectivity index (χ0) is 17.9. The van der Waals surface area contributed by atoms with Gasteiger partial charge in [0.1, 0.15) is 17.3 Å². The highest BCUT2D eigenvalue weighted by Gasteiger charge is 2.20. The Morgan fingerprint density at radius 2 is 1.88 bits per heavy atom. The van der Waals surface area contributed by atoms with E-state index in [9.17, 15) is 5.11 Å². The molecule has 6 nitrogen and oxygen atoms in total. The summed E-state index contributed by atoms with van der Waals surface area (Å²) in [6.07, 6.45) is 0.838. The number of hydrogen-bond donors (Lipinski definition) is 1. The van der Waals surface area contributed by atoms with E-state index < -0.39 is 0 Å². The molecular weight excluding hydrogens is 328 g/mol. The summed E-state index contributed by atoms with van der Waals surface area (Å²) in [6.45, 7) is 3.27. The van der Waals surface area contributed by atoms with Gasteiger partial charge in [-0.05, 0) is 18.2 Å². The summed E-state index contributed by atoms with van der Waals surface area (Å²) in [5, 5.41) is 18.9. The lowest BCUT2D eigenvalue weighted by Gasteiger charge is -2.20. The Bertz CT molecular complexity index is 892. The second-order valence-corrected chi connectivity index (χ2v) is 6.48. The van der Waals surface area contributed by atoms with Crippen LogP contribution in [0.4, 0.5) is 0 Å². The second-order valence-electron chi connectivity index (χ2n) is 6.48. The molecule has 0 unspecified atom stereocenters. The van der Waals surface area contributed by atoms with Crippen LogP contribution >= 0.6 is 0 Å². The fourth-order valence-electron chi connectivity index (χ4n) is 3.38. The summed E-state index contributed by atoms with van der Waals surface area (Å²) in [7, 11) is 1.64. The van der Waals surface area contributed by atoms with Gasteiger partial charge in [-0.3, -0.25) is 4.90 Å². The van der Waals surface area contributed by atoms with E-state index in [2.05, 4.69) is 31.8 Å². The van der Waals surface area contributed by atoms with Gasteiger partial charge in [-0.15, -0.1) is 10.2 Å². The topological polar surface area (TPSA) is 63.4 Å². The number of phenolic OH excluding ortho intramolecular Hbond substituents is 1. The van der Waals surface area contributed by atoms with Crippen molar-refractivity contribution < 1.29 is 9.84 Å². The number of fused-ring (bicyclic) bond motifs is 1. The molecule has 1 aromatic heterocycles. The molecule has 134 valence electrons. The van der Waals surface area contributed by atoms with Crippen molar-refractivity contribution in [3.05, 3.63) is 59.9 Å². The molecule has 1 aliphatic rings. The van der Waals surface area contributed by atoms with Crippen molar-refractivity contribution in [1.29, 1.82) is 0 Å². The Labute approximate surface area is 152 Å². The molecule has 0 saturated carbocycles. The highest BCUT2D eigenvalue weighted by molar-refractivity contribution is 5.55. The third-order valence-corrected chi connectivity index (χ3v) is 4.83. The first-order valence-corrected chi connectivity index (χ1v) is 8.80. The van der Waals surface area contributed by atoms with E-state index in [1.807, 2.05) is 24.3 Å². The normalized spacial score (nSPS) is 14.7. The minimum Gasteiger partial charge on any atom is -0.508 e. The maximum absolute atomic E-state index is 10.1. The quantitative estimate of drug-likeness (QED) is 0.784. The van der Waals surface area contributed by atoms with Crippen LogP contribution in [0.1, 0.15) is 11.4 Å². The maximum Gasteiger partial charge on any atom is 0.164 e. The number of rotatable bonds is 4. The maximum atomic E-state index is 10.1. The fourth-order valence-corrected chi connectivity index (χ4v) is 3.38. The van der Waals surface area contributed by atoms with E-state index >= 15 is 0 Å². The Hall–Kier alpha value is -2.86. The molecule has 0 radical (unpaired) electrons. The zero-order valence-electron chi connectivity index (χ0n) is 14.8. The summed E-state index contributed by atoms with van der Waals surface area (Å²) in [4.78, 5) is 2.33. The predicted octanol–water partition coefficient (Wildman–Crippen LogP) is 2.72. The molecule has 0 saturated heterocycles. The van der Waals surface area contributed by atoms with Crippen LogP contribution in [0.25, 0.3) is 11.4 Å². The van der Waals surface area contributed by atoms with Crippen molar-refractivity contribution in [2.45, 2.75) is 19.5 Å². The van der Waals surface area contributed by atoms with E-state index in [4.69, 9.17) is 4.74 Å². The van der Waals surface area contributed by atoms with Crippen molar-refractivity contribution in [2.75, 3.05) is 20.2 Å². The van der Waals surface area contributed by atoms with Gasteiger partial charge < -0.3 is 14.4 Å². The number of ether oxygens (including phenoxy) is 1. The van der Waals surface area contributed by atoms with E-state index in [0.29, 0.717) is 12.3 Å². The minimum atomic E-state index is 0.305. The molecule has 0 atom stereocenters. The van der Waals surface area contributed by atoms with Crippen LogP contribution in [0.2, 0.25) is 0 Å². The standard InChI is InChI=1S/C20H22N4O2/c1-26-17-7-8-18(25)16(13-17)14-23-10-9-19-21-22-20(24(19)12-11-23)15-5-3-2-4-6-15/h2-8,13,25H,9-12,14H2,1H3. The molecule has 0 fully saturated rings. The first-order chi connectivity index (χ1) is 12.7. The monoisotopic (exact) mass is 350 g/mol. The largest absolute Gasteiger partial charge is 0.508 e. The van der Waals surface area contributed by atoms with Gasteiger partial charge in [0, 0.05) is 43.7 Å². The van der Waals surface area contributed by atoms with Crippen LogP contribution < -0.4 is 4.74 Å². The number of nitrogens with zero attached hydrogens (tertiary/aromatic N) is 4. The molecule has 1 aliphatic heterocycles. The van der Waals surface area contributed by atoms with Gasteiger partial charge >= 0.3 is 0 Å². The van der Waals surface area contributed by atoms with Crippen molar-refractivity contribution in [2.24, 2.45) is 0 Å². The molecule has 0 amide bonds. The molecule has 2 aromatic carbocycles. The van der Waals surface area contributed by atoms with Gasteiger partial charge in [-0.25, -0.2) is 0 Å². The Morgan fingerprint density at radius 1 is 1.04 bits per heavy atom. The van der Waals surface area contributed by atoms with Crippen LogP contribution in [0, 0.1) is 0 Å². The van der Waals surface area contributed by atoms with Gasteiger partial charge in [0.2, 0.25) is 0 Å². The summed E-state index contributed by atoms with van der Waals surface area (Å²) in [5.74, 6) is 3.00. The lowest BCUT2D eigenvalue weighted by Crippen LogP contribution is -2.26. The second kappa shape index (κ2) is 7.17. The van der Waals surface area contributed by atoms with Crippen molar-refractivity contribution in [1.82, 2.24) is 19.7 Å².